The fraction of sp³-hybridized carbons (Fsp3) is 0.571. The van der Waals surface area contributed by atoms with Crippen LogP contribution in [-0.2, 0) is 0 Å². The zero-order valence-corrected chi connectivity index (χ0v) is 11.6. The minimum Gasteiger partial charge on any atom is -0.477 e. The second kappa shape index (κ2) is 5.17. The van der Waals surface area contributed by atoms with E-state index in [0.29, 0.717) is 11.6 Å². The molecule has 1 N–H and O–H groups in total. The lowest BCUT2D eigenvalue weighted by atomic mass is 9.98. The Balaban J connectivity index is 2.33. The van der Waals surface area contributed by atoms with Crippen molar-refractivity contribution in [3.05, 3.63) is 23.5 Å². The van der Waals surface area contributed by atoms with E-state index in [2.05, 4.69) is 18.9 Å². The first kappa shape index (κ1) is 13.8. The van der Waals surface area contributed by atoms with Crippen LogP contribution in [0.25, 0.3) is 0 Å². The van der Waals surface area contributed by atoms with Gasteiger partial charge in [0, 0.05) is 30.4 Å². The maximum Gasteiger partial charge on any atom is 0.352 e. The predicted molar refractivity (Wildman–Crippen MR) is 71.8 cm³/mol. The molecule has 5 heteroatoms. The summed E-state index contributed by atoms with van der Waals surface area (Å²) in [6, 6.07) is 2.06. The second-order valence-electron chi connectivity index (χ2n) is 5.39. The highest BCUT2D eigenvalue weighted by molar-refractivity contribution is 5.97. The third-order valence-electron chi connectivity index (χ3n) is 4.05. The Morgan fingerprint density at radius 3 is 2.63 bits per heavy atom. The Labute approximate surface area is 112 Å². The van der Waals surface area contributed by atoms with Crippen LogP contribution in [0.15, 0.2) is 12.3 Å². The van der Waals surface area contributed by atoms with Crippen LogP contribution in [0.1, 0.15) is 53.6 Å². The molecule has 1 aliphatic rings. The van der Waals surface area contributed by atoms with Gasteiger partial charge in [-0.3, -0.25) is 4.79 Å². The van der Waals surface area contributed by atoms with Gasteiger partial charge in [-0.2, -0.15) is 0 Å². The van der Waals surface area contributed by atoms with E-state index in [1.165, 1.54) is 13.0 Å². The lowest BCUT2D eigenvalue weighted by Crippen LogP contribution is -2.38. The van der Waals surface area contributed by atoms with Crippen LogP contribution in [0.4, 0.5) is 0 Å². The monoisotopic (exact) mass is 264 g/mol. The van der Waals surface area contributed by atoms with Crippen molar-refractivity contribution in [1.82, 2.24) is 9.47 Å². The van der Waals surface area contributed by atoms with E-state index in [0.717, 1.165) is 19.4 Å². The van der Waals surface area contributed by atoms with Gasteiger partial charge in [-0.15, -0.1) is 0 Å². The summed E-state index contributed by atoms with van der Waals surface area (Å²) in [6.07, 6.45) is 3.50. The van der Waals surface area contributed by atoms with Crippen LogP contribution in [0.5, 0.6) is 0 Å². The van der Waals surface area contributed by atoms with Crippen molar-refractivity contribution in [3.8, 4) is 0 Å². The Bertz CT molecular complexity index is 507. The van der Waals surface area contributed by atoms with Crippen LogP contribution in [0.3, 0.4) is 0 Å². The molecule has 0 aromatic carbocycles. The summed E-state index contributed by atoms with van der Waals surface area (Å²) in [5.41, 5.74) is 0.691. The molecule has 1 aromatic rings. The van der Waals surface area contributed by atoms with E-state index < -0.39 is 5.97 Å². The number of carbonyl (C=O) groups is 2. The summed E-state index contributed by atoms with van der Waals surface area (Å²) in [5, 5.41) is 9.27. The van der Waals surface area contributed by atoms with Gasteiger partial charge in [-0.25, -0.2) is 4.79 Å². The molecule has 19 heavy (non-hydrogen) atoms. The Morgan fingerprint density at radius 2 is 2.11 bits per heavy atom. The van der Waals surface area contributed by atoms with E-state index in [1.807, 2.05) is 0 Å². The average molecular weight is 264 g/mol. The van der Waals surface area contributed by atoms with Crippen molar-refractivity contribution >= 4 is 11.8 Å². The molecule has 0 saturated carbocycles. The quantitative estimate of drug-likeness (QED) is 0.849. The van der Waals surface area contributed by atoms with Crippen LogP contribution in [0.2, 0.25) is 0 Å². The maximum absolute atomic E-state index is 11.4. The minimum absolute atomic E-state index is 0.0952. The average Bonchev–Trinajstić information content (AvgIpc) is 2.78. The zero-order valence-electron chi connectivity index (χ0n) is 11.6. The smallest absolute Gasteiger partial charge is 0.352 e. The Hall–Kier alpha value is -1.62. The topological polar surface area (TPSA) is 62.5 Å². The summed E-state index contributed by atoms with van der Waals surface area (Å²) in [6.45, 7) is 4.54. The highest BCUT2D eigenvalue weighted by Gasteiger charge is 2.27. The Kier molecular flexibility index (Phi) is 3.75. The van der Waals surface area contributed by atoms with Gasteiger partial charge in [0.05, 0.1) is 0 Å². The SMILES string of the molecule is CC(=O)c1cc(C(=O)O)n(C2CCN(C)C(C)C2)c1. The van der Waals surface area contributed by atoms with Gasteiger partial charge in [-0.05, 0) is 39.8 Å². The molecule has 1 saturated heterocycles. The number of likely N-dealkylation sites (tertiary alicyclic amines) is 1. The fourth-order valence-corrected chi connectivity index (χ4v) is 2.66. The fourth-order valence-electron chi connectivity index (χ4n) is 2.66. The molecule has 5 nitrogen and oxygen atoms in total. The molecule has 1 aromatic heterocycles. The number of rotatable bonds is 3. The number of carbonyl (C=O) groups excluding carboxylic acids is 1. The van der Waals surface area contributed by atoms with Crippen molar-refractivity contribution in [2.45, 2.75) is 38.8 Å². The van der Waals surface area contributed by atoms with Crippen LogP contribution < -0.4 is 0 Å². The molecule has 2 unspecified atom stereocenters. The first-order valence-corrected chi connectivity index (χ1v) is 6.56. The van der Waals surface area contributed by atoms with Crippen molar-refractivity contribution in [3.63, 3.8) is 0 Å². The largest absolute Gasteiger partial charge is 0.477 e. The van der Waals surface area contributed by atoms with Crippen LogP contribution in [-0.4, -0.2) is 46.0 Å². The standard InChI is InChI=1S/C14H20N2O3/c1-9-6-12(4-5-15(9)3)16-8-11(10(2)17)7-13(16)14(18)19/h7-9,12H,4-6H2,1-3H3,(H,18,19). The van der Waals surface area contributed by atoms with Crippen molar-refractivity contribution in [1.29, 1.82) is 0 Å². The number of aromatic nitrogens is 1. The maximum atomic E-state index is 11.4. The lowest BCUT2D eigenvalue weighted by Gasteiger charge is -2.36. The molecule has 2 heterocycles. The number of ketones is 1. The van der Waals surface area contributed by atoms with E-state index in [-0.39, 0.29) is 17.5 Å². The van der Waals surface area contributed by atoms with Gasteiger partial charge < -0.3 is 14.6 Å². The predicted octanol–water partition coefficient (Wildman–Crippen LogP) is 2.04. The third kappa shape index (κ3) is 2.71. The molecular formula is C14H20N2O3. The van der Waals surface area contributed by atoms with Crippen molar-refractivity contribution < 1.29 is 14.7 Å². The summed E-state index contributed by atoms with van der Waals surface area (Å²) >= 11 is 0. The molecule has 0 radical (unpaired) electrons. The van der Waals surface area contributed by atoms with Gasteiger partial charge in [-0.1, -0.05) is 0 Å². The first-order valence-electron chi connectivity index (χ1n) is 6.56. The second-order valence-corrected chi connectivity index (χ2v) is 5.39. The van der Waals surface area contributed by atoms with E-state index >= 15 is 0 Å². The van der Waals surface area contributed by atoms with E-state index in [4.69, 9.17) is 0 Å². The van der Waals surface area contributed by atoms with Crippen LogP contribution in [0, 0.1) is 0 Å². The number of piperidine rings is 1. The van der Waals surface area contributed by atoms with Gasteiger partial charge in [0.25, 0.3) is 0 Å². The highest BCUT2D eigenvalue weighted by atomic mass is 16.4. The normalized spacial score (nSPS) is 24.4. The summed E-state index contributed by atoms with van der Waals surface area (Å²) in [5.74, 6) is -1.07. The van der Waals surface area contributed by atoms with Gasteiger partial charge in [0.15, 0.2) is 5.78 Å². The number of hydrogen-bond acceptors (Lipinski definition) is 3. The number of aromatic carboxylic acids is 1. The molecule has 2 atom stereocenters. The van der Waals surface area contributed by atoms with Gasteiger partial charge in [0.1, 0.15) is 5.69 Å². The minimum atomic E-state index is -0.973. The van der Waals surface area contributed by atoms with Gasteiger partial charge in [0.2, 0.25) is 0 Å². The van der Waals surface area contributed by atoms with Gasteiger partial charge >= 0.3 is 5.97 Å². The number of nitrogens with zero attached hydrogens (tertiary/aromatic N) is 2. The molecule has 0 spiro atoms. The molecular weight excluding hydrogens is 244 g/mol. The lowest BCUT2D eigenvalue weighted by molar-refractivity contribution is 0.0675. The molecule has 0 aliphatic carbocycles. The van der Waals surface area contributed by atoms with E-state index in [1.54, 1.807) is 10.8 Å². The summed E-state index contributed by atoms with van der Waals surface area (Å²) < 4.78 is 1.77. The molecule has 104 valence electrons. The number of carboxylic acids is 1. The summed E-state index contributed by atoms with van der Waals surface area (Å²) in [4.78, 5) is 25.0. The van der Waals surface area contributed by atoms with Crippen LogP contribution >= 0.6 is 0 Å². The first-order chi connectivity index (χ1) is 8.90. The molecule has 1 aliphatic heterocycles. The molecule has 2 rings (SSSR count). The number of hydrogen-bond donors (Lipinski definition) is 1. The molecule has 0 amide bonds. The number of Topliss-reactive ketones (excluding diaryl/α,β-unsaturated/α-hetero) is 1. The molecule has 1 fully saturated rings. The molecule has 0 bridgehead atoms. The summed E-state index contributed by atoms with van der Waals surface area (Å²) in [7, 11) is 2.08. The third-order valence-corrected chi connectivity index (χ3v) is 4.05. The number of carboxylic acid groups (broad SMARTS) is 1. The van der Waals surface area contributed by atoms with E-state index in [9.17, 15) is 14.7 Å². The highest BCUT2D eigenvalue weighted by Crippen LogP contribution is 2.28. The zero-order chi connectivity index (χ0) is 14.2. The van der Waals surface area contributed by atoms with Crippen molar-refractivity contribution in [2.75, 3.05) is 13.6 Å². The van der Waals surface area contributed by atoms with Crippen molar-refractivity contribution in [2.24, 2.45) is 0 Å². The Morgan fingerprint density at radius 1 is 1.42 bits per heavy atom.